The van der Waals surface area contributed by atoms with Crippen LogP contribution in [0.25, 0.3) is 0 Å². The minimum absolute atomic E-state index is 0.263. The van der Waals surface area contributed by atoms with Crippen LogP contribution in [0.15, 0.2) is 0 Å². The molecular weight excluding hydrogens is 224 g/mol. The zero-order valence-corrected chi connectivity index (χ0v) is 11.0. The van der Waals surface area contributed by atoms with Crippen LogP contribution in [0, 0.1) is 29.1 Å². The number of rotatable bonds is 5. The lowest BCUT2D eigenvalue weighted by atomic mass is 9.95. The molecule has 0 heterocycles. The van der Waals surface area contributed by atoms with Crippen LogP contribution in [-0.4, -0.2) is 23.4 Å². The molecule has 0 aromatic carbocycles. The van der Waals surface area contributed by atoms with Gasteiger partial charge in [-0.25, -0.2) is 0 Å². The number of carbonyl (C=O) groups is 1. The van der Waals surface area contributed by atoms with Crippen molar-refractivity contribution in [2.24, 2.45) is 17.8 Å². The van der Waals surface area contributed by atoms with E-state index in [-0.39, 0.29) is 5.92 Å². The minimum atomic E-state index is 0.263. The molecule has 3 fully saturated rings. The van der Waals surface area contributed by atoms with Crippen LogP contribution in [-0.2, 0) is 4.79 Å². The molecule has 0 atom stereocenters. The minimum Gasteiger partial charge on any atom is -0.326 e. The van der Waals surface area contributed by atoms with E-state index in [2.05, 4.69) is 6.07 Å². The zero-order chi connectivity index (χ0) is 12.5. The molecule has 3 aliphatic rings. The molecule has 0 unspecified atom stereocenters. The number of nitrogens with zero attached hydrogens (tertiary/aromatic N) is 2. The second-order valence-electron chi connectivity index (χ2n) is 6.26. The van der Waals surface area contributed by atoms with Crippen molar-refractivity contribution in [3.05, 3.63) is 0 Å². The van der Waals surface area contributed by atoms with Gasteiger partial charge in [0.15, 0.2) is 0 Å². The van der Waals surface area contributed by atoms with Gasteiger partial charge in [-0.3, -0.25) is 4.79 Å². The summed E-state index contributed by atoms with van der Waals surface area (Å²) in [4.78, 5) is 14.7. The Labute approximate surface area is 109 Å². The molecule has 0 aromatic rings. The lowest BCUT2D eigenvalue weighted by Gasteiger charge is -2.30. The Morgan fingerprint density at radius 2 is 1.67 bits per heavy atom. The summed E-state index contributed by atoms with van der Waals surface area (Å²) in [6, 6.07) is 2.56. The van der Waals surface area contributed by atoms with E-state index in [4.69, 9.17) is 5.26 Å². The number of nitriles is 1. The summed E-state index contributed by atoms with van der Waals surface area (Å²) in [5, 5.41) is 8.99. The van der Waals surface area contributed by atoms with Gasteiger partial charge in [0, 0.05) is 12.0 Å². The van der Waals surface area contributed by atoms with Crippen molar-refractivity contribution < 1.29 is 4.79 Å². The molecule has 0 spiro atoms. The van der Waals surface area contributed by atoms with E-state index in [9.17, 15) is 4.79 Å². The average Bonchev–Trinajstić information content (AvgIpc) is 3.30. The quantitative estimate of drug-likeness (QED) is 0.700. The molecule has 0 N–H and O–H groups in total. The summed E-state index contributed by atoms with van der Waals surface area (Å²) in [6.45, 7) is 0.305. The highest BCUT2D eigenvalue weighted by molar-refractivity contribution is 5.80. The third kappa shape index (κ3) is 2.39. The monoisotopic (exact) mass is 246 g/mol. The van der Waals surface area contributed by atoms with Gasteiger partial charge < -0.3 is 4.90 Å². The molecule has 0 bridgehead atoms. The number of hydrogen-bond acceptors (Lipinski definition) is 2. The highest BCUT2D eigenvalue weighted by atomic mass is 16.2. The maximum Gasteiger partial charge on any atom is 0.227 e. The molecule has 18 heavy (non-hydrogen) atoms. The van der Waals surface area contributed by atoms with Gasteiger partial charge in [0.1, 0.15) is 6.54 Å². The van der Waals surface area contributed by atoms with E-state index >= 15 is 0 Å². The molecule has 0 aliphatic heterocycles. The van der Waals surface area contributed by atoms with Crippen molar-refractivity contribution in [1.82, 2.24) is 4.90 Å². The Morgan fingerprint density at radius 1 is 1.11 bits per heavy atom. The van der Waals surface area contributed by atoms with E-state index < -0.39 is 0 Å². The predicted octanol–water partition coefficient (Wildman–Crippen LogP) is 2.72. The Morgan fingerprint density at radius 3 is 2.11 bits per heavy atom. The maximum atomic E-state index is 12.8. The molecule has 0 saturated heterocycles. The van der Waals surface area contributed by atoms with Crippen molar-refractivity contribution >= 4 is 5.91 Å². The summed E-state index contributed by atoms with van der Waals surface area (Å²) in [7, 11) is 0. The molecule has 1 amide bonds. The summed E-state index contributed by atoms with van der Waals surface area (Å²) in [5.41, 5.74) is 0. The van der Waals surface area contributed by atoms with Gasteiger partial charge in [-0.2, -0.15) is 5.26 Å². The number of hydrogen-bond donors (Lipinski definition) is 0. The smallest absolute Gasteiger partial charge is 0.227 e. The first kappa shape index (κ1) is 12.0. The predicted molar refractivity (Wildman–Crippen MR) is 68.5 cm³/mol. The van der Waals surface area contributed by atoms with Crippen LogP contribution < -0.4 is 0 Å². The van der Waals surface area contributed by atoms with Gasteiger partial charge in [0.2, 0.25) is 5.91 Å². The zero-order valence-electron chi connectivity index (χ0n) is 11.0. The molecule has 3 saturated carbocycles. The lowest BCUT2D eigenvalue weighted by Crippen LogP contribution is -2.43. The van der Waals surface area contributed by atoms with Crippen molar-refractivity contribution in [3.8, 4) is 6.07 Å². The fraction of sp³-hybridized carbons (Fsp3) is 0.867. The molecule has 98 valence electrons. The van der Waals surface area contributed by atoms with Gasteiger partial charge in [-0.1, -0.05) is 12.8 Å². The first-order valence-corrected chi connectivity index (χ1v) is 7.48. The molecule has 0 radical (unpaired) electrons. The second kappa shape index (κ2) is 4.91. The topological polar surface area (TPSA) is 44.1 Å². The van der Waals surface area contributed by atoms with E-state index in [1.807, 2.05) is 4.90 Å². The summed E-state index contributed by atoms with van der Waals surface area (Å²) < 4.78 is 0. The highest BCUT2D eigenvalue weighted by Gasteiger charge is 2.47. The SMILES string of the molecule is N#CCN(C(=O)C(C1CC1)C1CC1)C1CCCC1. The molecule has 3 nitrogen and oxygen atoms in total. The van der Waals surface area contributed by atoms with Crippen molar-refractivity contribution in [3.63, 3.8) is 0 Å². The van der Waals surface area contributed by atoms with E-state index in [0.29, 0.717) is 30.3 Å². The molecule has 3 rings (SSSR count). The Hall–Kier alpha value is -1.04. The van der Waals surface area contributed by atoms with Crippen LogP contribution in [0.4, 0.5) is 0 Å². The van der Waals surface area contributed by atoms with Crippen LogP contribution >= 0.6 is 0 Å². The molecule has 0 aromatic heterocycles. The molecule has 3 heteroatoms. The van der Waals surface area contributed by atoms with E-state index in [0.717, 1.165) is 12.8 Å². The number of amides is 1. The standard InChI is InChI=1S/C15H22N2O/c16-9-10-17(13-3-1-2-4-13)15(18)14(11-5-6-11)12-7-8-12/h11-14H,1-8,10H2. The first-order chi connectivity index (χ1) is 8.81. The maximum absolute atomic E-state index is 12.8. The van der Waals surface area contributed by atoms with Crippen LogP contribution in [0.1, 0.15) is 51.4 Å². The highest BCUT2D eigenvalue weighted by Crippen LogP contribution is 2.50. The van der Waals surface area contributed by atoms with Gasteiger partial charge in [0.05, 0.1) is 6.07 Å². The summed E-state index contributed by atoms with van der Waals surface area (Å²) in [5.74, 6) is 1.87. The largest absolute Gasteiger partial charge is 0.326 e. The fourth-order valence-corrected chi connectivity index (χ4v) is 3.57. The van der Waals surface area contributed by atoms with Crippen molar-refractivity contribution in [1.29, 1.82) is 5.26 Å². The fourth-order valence-electron chi connectivity index (χ4n) is 3.57. The average molecular weight is 246 g/mol. The third-order valence-corrected chi connectivity index (χ3v) is 4.83. The van der Waals surface area contributed by atoms with E-state index in [1.165, 1.54) is 38.5 Å². The van der Waals surface area contributed by atoms with Gasteiger partial charge >= 0.3 is 0 Å². The summed E-state index contributed by atoms with van der Waals surface area (Å²) in [6.07, 6.45) is 9.59. The van der Waals surface area contributed by atoms with Crippen LogP contribution in [0.5, 0.6) is 0 Å². The lowest BCUT2D eigenvalue weighted by molar-refractivity contribution is -0.138. The van der Waals surface area contributed by atoms with Crippen LogP contribution in [0.3, 0.4) is 0 Å². The van der Waals surface area contributed by atoms with Gasteiger partial charge in [-0.15, -0.1) is 0 Å². The summed E-state index contributed by atoms with van der Waals surface area (Å²) >= 11 is 0. The second-order valence-corrected chi connectivity index (χ2v) is 6.26. The van der Waals surface area contributed by atoms with Gasteiger partial charge in [0.25, 0.3) is 0 Å². The molecular formula is C15H22N2O. The van der Waals surface area contributed by atoms with Crippen molar-refractivity contribution in [2.45, 2.75) is 57.4 Å². The van der Waals surface area contributed by atoms with Crippen molar-refractivity contribution in [2.75, 3.05) is 6.54 Å². The Balaban J connectivity index is 1.71. The van der Waals surface area contributed by atoms with Crippen LogP contribution in [0.2, 0.25) is 0 Å². The van der Waals surface area contributed by atoms with E-state index in [1.54, 1.807) is 0 Å². The first-order valence-electron chi connectivity index (χ1n) is 7.48. The Kier molecular flexibility index (Phi) is 3.28. The third-order valence-electron chi connectivity index (χ3n) is 4.83. The Bertz CT molecular complexity index is 347. The molecule has 3 aliphatic carbocycles. The normalized spacial score (nSPS) is 24.2. The van der Waals surface area contributed by atoms with Gasteiger partial charge in [-0.05, 0) is 50.4 Å². The number of carbonyl (C=O) groups excluding carboxylic acids is 1.